The van der Waals surface area contributed by atoms with Gasteiger partial charge in [0.05, 0.1) is 0 Å². The zero-order chi connectivity index (χ0) is 58.0. The number of nitrogens with zero attached hydrogens (tertiary/aromatic N) is 2. The van der Waals surface area contributed by atoms with Gasteiger partial charge in [-0.05, 0) is 114 Å². The Morgan fingerprint density at radius 3 is 0.952 bits per heavy atom. The minimum absolute atomic E-state index is 0. The van der Waals surface area contributed by atoms with Crippen molar-refractivity contribution in [2.45, 2.75) is 36.9 Å². The molecule has 13 rings (SSSR count). The van der Waals surface area contributed by atoms with Gasteiger partial charge >= 0.3 is 41.6 Å². The maximum Gasteiger partial charge on any atom is 1.00 e. The third-order valence-electron chi connectivity index (χ3n) is 15.0. The molecule has 0 unspecified atom stereocenters. The van der Waals surface area contributed by atoms with Crippen molar-refractivity contribution in [2.75, 3.05) is 4.67 Å². The van der Waals surface area contributed by atoms with E-state index in [1.807, 2.05) is 0 Å². The van der Waals surface area contributed by atoms with Crippen molar-refractivity contribution >= 4 is 115 Å². The summed E-state index contributed by atoms with van der Waals surface area (Å²) in [5, 5.41) is 16.0. The molecule has 0 fully saturated rings. The summed E-state index contributed by atoms with van der Waals surface area (Å²) in [6.45, 7) is 4.60. The first kappa shape index (κ1) is 58.0. The molecular formula is C66H46AuF6N2O6PS2. The van der Waals surface area contributed by atoms with Crippen molar-refractivity contribution in [2.24, 2.45) is 0 Å². The van der Waals surface area contributed by atoms with E-state index in [0.29, 0.717) is 0 Å². The van der Waals surface area contributed by atoms with Crippen molar-refractivity contribution in [3.8, 4) is 22.3 Å². The van der Waals surface area contributed by atoms with Crippen LogP contribution in [0.1, 0.15) is 37.1 Å². The minimum Gasteiger partial charge on any atom is -0.421 e. The SMILES string of the molecule is C[C@H](c1ccccc1)N([C@H](C)c1ccccc1)p1oc2c(-c3c4ccccc4cc4ccccc34)cc3ccccc3c2c2c(o1)c(-c1c3ccccc3cc3ccccc13)cc1ccccc12.O=S(=O)([N-]S(=O)(=O)C(F)(F)F)C(F)(F)F.[Au+]. The van der Waals surface area contributed by atoms with E-state index < -0.39 is 39.2 Å². The van der Waals surface area contributed by atoms with Crippen LogP contribution in [0.2, 0.25) is 0 Å². The maximum absolute atomic E-state index is 11.4. The molecule has 8 nitrogen and oxygen atoms in total. The number of hydrogen-bond acceptors (Lipinski definition) is 7. The molecule has 18 heteroatoms. The Bertz CT molecular complexity index is 4560. The number of halogens is 6. The summed E-state index contributed by atoms with van der Waals surface area (Å²) >= 11 is 0. The first-order valence-corrected chi connectivity index (χ1v) is 30.2. The smallest absolute Gasteiger partial charge is 0.421 e. The maximum atomic E-state index is 11.4. The van der Waals surface area contributed by atoms with Crippen LogP contribution >= 0.6 is 8.16 Å². The molecule has 0 amide bonds. The fourth-order valence-electron chi connectivity index (χ4n) is 11.2. The molecule has 12 aromatic carbocycles. The molecule has 0 aliphatic rings. The summed E-state index contributed by atoms with van der Waals surface area (Å²) in [5.41, 5.74) is -4.00. The molecular weight excluding hydrogens is 1320 g/mol. The Morgan fingerprint density at radius 1 is 0.393 bits per heavy atom. The van der Waals surface area contributed by atoms with Crippen LogP contribution in [0.25, 0.3) is 113 Å². The van der Waals surface area contributed by atoms with Gasteiger partial charge in [-0.3, -0.25) is 0 Å². The summed E-state index contributed by atoms with van der Waals surface area (Å²) in [6.07, 6.45) is 0. The van der Waals surface area contributed by atoms with E-state index in [2.05, 4.69) is 249 Å². The summed E-state index contributed by atoms with van der Waals surface area (Å²) in [4.78, 5) is 0. The summed E-state index contributed by atoms with van der Waals surface area (Å²) < 4.78 is 128. The average Bonchev–Trinajstić information content (AvgIpc) is 1.33. The van der Waals surface area contributed by atoms with Crippen LogP contribution in [-0.2, 0) is 42.4 Å². The van der Waals surface area contributed by atoms with Gasteiger partial charge in [0.1, 0.15) is 0 Å². The van der Waals surface area contributed by atoms with Crippen LogP contribution in [0.15, 0.2) is 239 Å². The number of fused-ring (bicyclic) bond motifs is 11. The van der Waals surface area contributed by atoms with Gasteiger partial charge in [-0.25, -0.2) is 16.8 Å². The molecule has 0 spiro atoms. The Balaban J connectivity index is 0.000000408. The summed E-state index contributed by atoms with van der Waals surface area (Å²) in [6, 6.07) is 83.7. The van der Waals surface area contributed by atoms with Gasteiger partial charge < -0.3 is 12.5 Å². The molecule has 0 saturated carbocycles. The number of alkyl halides is 6. The van der Waals surface area contributed by atoms with Crippen molar-refractivity contribution in [3.63, 3.8) is 0 Å². The molecule has 0 saturated heterocycles. The Hall–Kier alpha value is -7.76. The summed E-state index contributed by atoms with van der Waals surface area (Å²) in [5.74, 6) is 0. The molecule has 0 N–H and O–H groups in total. The van der Waals surface area contributed by atoms with Gasteiger partial charge in [0.25, 0.3) is 0 Å². The normalized spacial score (nSPS) is 13.2. The van der Waals surface area contributed by atoms with E-state index in [1.165, 1.54) is 54.2 Å². The van der Waals surface area contributed by atoms with Crippen molar-refractivity contribution < 1.29 is 74.0 Å². The van der Waals surface area contributed by atoms with E-state index in [-0.39, 0.29) is 34.5 Å². The Labute approximate surface area is 495 Å². The van der Waals surface area contributed by atoms with Crippen LogP contribution in [0.5, 0.6) is 0 Å². The molecule has 1 heterocycles. The van der Waals surface area contributed by atoms with Crippen LogP contribution in [-0.4, -0.2) is 27.9 Å². The van der Waals surface area contributed by atoms with Gasteiger partial charge in [0.2, 0.25) is 0 Å². The molecule has 13 aromatic rings. The number of benzene rings is 12. The Morgan fingerprint density at radius 2 is 0.655 bits per heavy atom. The predicted octanol–water partition coefficient (Wildman–Crippen LogP) is 20.1. The fourth-order valence-corrected chi connectivity index (χ4v) is 14.7. The van der Waals surface area contributed by atoms with Gasteiger partial charge in [-0.1, -0.05) is 206 Å². The first-order chi connectivity index (χ1) is 39.8. The largest absolute Gasteiger partial charge is 1.00 e. The third kappa shape index (κ3) is 10.6. The number of hydrogen-bond donors (Lipinski definition) is 0. The van der Waals surface area contributed by atoms with E-state index >= 15 is 0 Å². The van der Waals surface area contributed by atoms with Crippen molar-refractivity contribution in [1.29, 1.82) is 0 Å². The van der Waals surface area contributed by atoms with Crippen molar-refractivity contribution in [3.05, 3.63) is 246 Å². The van der Waals surface area contributed by atoms with E-state index in [1.54, 1.807) is 0 Å². The monoisotopic (exact) mass is 1370 g/mol. The molecule has 0 aliphatic heterocycles. The van der Waals surface area contributed by atoms with Gasteiger partial charge in [-0.15, -0.1) is 0 Å². The van der Waals surface area contributed by atoms with E-state index in [9.17, 15) is 43.2 Å². The molecule has 426 valence electrons. The average molecular weight is 1370 g/mol. The molecule has 84 heavy (non-hydrogen) atoms. The van der Waals surface area contributed by atoms with E-state index in [4.69, 9.17) is 8.39 Å². The van der Waals surface area contributed by atoms with Gasteiger partial charge in [0.15, 0.2) is 31.2 Å². The molecule has 0 radical (unpaired) electrons. The molecule has 2 atom stereocenters. The second kappa shape index (κ2) is 22.7. The van der Waals surface area contributed by atoms with Gasteiger partial charge in [-0.2, -0.15) is 31.0 Å². The van der Waals surface area contributed by atoms with Crippen molar-refractivity contribution in [1.82, 2.24) is 0 Å². The zero-order valence-corrected chi connectivity index (χ0v) is 49.0. The van der Waals surface area contributed by atoms with Crippen LogP contribution in [0, 0.1) is 0 Å². The molecule has 1 aromatic heterocycles. The van der Waals surface area contributed by atoms with Crippen LogP contribution in [0.3, 0.4) is 0 Å². The zero-order valence-electron chi connectivity index (χ0n) is 44.3. The second-order valence-corrected chi connectivity index (χ2v) is 24.7. The molecule has 0 bridgehead atoms. The Kier molecular flexibility index (Phi) is 15.7. The number of rotatable bonds is 9. The molecule has 0 aliphatic carbocycles. The number of sulfonamides is 2. The van der Waals surface area contributed by atoms with Crippen LogP contribution in [0.4, 0.5) is 26.3 Å². The fraction of sp³-hybridized carbons (Fsp3) is 0.0909. The van der Waals surface area contributed by atoms with E-state index in [0.717, 1.165) is 69.9 Å². The third-order valence-corrected chi connectivity index (χ3v) is 19.5. The quantitative estimate of drug-likeness (QED) is 0.0804. The first-order valence-electron chi connectivity index (χ1n) is 26.1. The summed E-state index contributed by atoms with van der Waals surface area (Å²) in [7, 11) is -15.4. The van der Waals surface area contributed by atoms with Crippen LogP contribution < -0.4 is 4.67 Å². The standard InChI is InChI=1S/C64H46NO2P.C2F6NO4S2.Au/c1-41(43-21-5-3-6-22-43)65(42(2)44-23-7-4-8-24-44)68-66-63-57(59-51-31-15-9-25-45(51)37-46-26-10-16-32-52(46)59)39-49-29-13-19-35-55(49)61(63)62-56-36-20-14-30-50(56)40-58(64(62)67-68)60-53-33-17-11-27-47(53)38-48-28-12-18-34-54(48)60;3-1(4,5)14(10,11)9-15(12,13)2(6,7)8;/h3-42H,1-2H3;;/q;-1;+1/t41-,42-;;/m1../s1. The topological polar surface area (TPSA) is 112 Å². The second-order valence-electron chi connectivity index (χ2n) is 20.0. The van der Waals surface area contributed by atoms with Gasteiger partial charge in [0, 0.05) is 45.1 Å². The predicted molar refractivity (Wildman–Crippen MR) is 323 cm³/mol. The minimum atomic E-state index is -6.72.